The van der Waals surface area contributed by atoms with Crippen LogP contribution in [-0.2, 0) is 17.7 Å². The summed E-state index contributed by atoms with van der Waals surface area (Å²) in [4.78, 5) is 12.6. The van der Waals surface area contributed by atoms with Crippen LogP contribution >= 0.6 is 0 Å². The smallest absolute Gasteiger partial charge is 0.338 e. The van der Waals surface area contributed by atoms with Crippen molar-refractivity contribution in [3.05, 3.63) is 107 Å². The lowest BCUT2D eigenvalue weighted by molar-refractivity contribution is 0.0599. The summed E-state index contributed by atoms with van der Waals surface area (Å²) >= 11 is 0. The molecule has 0 atom stereocenters. The summed E-state index contributed by atoms with van der Waals surface area (Å²) in [5.41, 5.74) is 6.75. The fraction of sp³-hybridized carbons (Fsp3) is 0.300. The summed E-state index contributed by atoms with van der Waals surface area (Å²) in [5, 5.41) is 1.22. The van der Waals surface area contributed by atoms with Crippen molar-refractivity contribution in [3.63, 3.8) is 0 Å². The number of aromatic nitrogens is 1. The minimum Gasteiger partial charge on any atom is -0.465 e. The van der Waals surface area contributed by atoms with Crippen molar-refractivity contribution in [2.45, 2.75) is 51.0 Å². The zero-order valence-electron chi connectivity index (χ0n) is 19.3. The van der Waals surface area contributed by atoms with Gasteiger partial charge < -0.3 is 9.30 Å². The molecule has 1 fully saturated rings. The molecule has 0 aliphatic heterocycles. The molecule has 0 spiro atoms. The molecule has 0 unspecified atom stereocenters. The summed E-state index contributed by atoms with van der Waals surface area (Å²) < 4.78 is 7.43. The van der Waals surface area contributed by atoms with E-state index >= 15 is 0 Å². The minimum absolute atomic E-state index is 0.238. The Bertz CT molecular complexity index is 1250. The molecule has 0 N–H and O–H groups in total. The Morgan fingerprint density at radius 3 is 2.52 bits per heavy atom. The molecule has 4 aromatic rings. The Balaban J connectivity index is 1.40. The number of hydrogen-bond acceptors (Lipinski definition) is 2. The van der Waals surface area contributed by atoms with Gasteiger partial charge in [0, 0.05) is 18.3 Å². The van der Waals surface area contributed by atoms with Gasteiger partial charge in [-0.25, -0.2) is 4.79 Å². The van der Waals surface area contributed by atoms with Crippen LogP contribution in [0.4, 0.5) is 0 Å². The first kappa shape index (κ1) is 21.5. The molecule has 1 aliphatic rings. The highest BCUT2D eigenvalue weighted by Crippen LogP contribution is 2.34. The van der Waals surface area contributed by atoms with E-state index in [1.54, 1.807) is 0 Å². The zero-order valence-corrected chi connectivity index (χ0v) is 19.3. The second-order valence-electron chi connectivity index (χ2n) is 9.24. The van der Waals surface area contributed by atoms with Crippen LogP contribution in [0.1, 0.15) is 70.6 Å². The third kappa shape index (κ3) is 4.73. The van der Waals surface area contributed by atoms with E-state index in [4.69, 9.17) is 4.74 Å². The van der Waals surface area contributed by atoms with Crippen molar-refractivity contribution in [2.75, 3.05) is 7.11 Å². The maximum atomic E-state index is 12.6. The minimum atomic E-state index is -0.238. The molecule has 5 rings (SSSR count). The van der Waals surface area contributed by atoms with Gasteiger partial charge in [0.25, 0.3) is 0 Å². The summed E-state index contributed by atoms with van der Waals surface area (Å²) in [7, 11) is 1.47. The number of rotatable bonds is 6. The van der Waals surface area contributed by atoms with Gasteiger partial charge in [-0.05, 0) is 77.1 Å². The van der Waals surface area contributed by atoms with Crippen LogP contribution in [0.25, 0.3) is 10.9 Å². The number of methoxy groups -OCH3 is 1. The first-order chi connectivity index (χ1) is 16.2. The molecule has 0 bridgehead atoms. The van der Waals surface area contributed by atoms with Crippen molar-refractivity contribution in [3.8, 4) is 0 Å². The number of benzene rings is 3. The SMILES string of the molecule is COC(=O)c1cc(C2CCCCC2)ccc1Cc1ccc2c(ccn2Cc2ccccc2)c1. The van der Waals surface area contributed by atoms with Gasteiger partial charge in [0.2, 0.25) is 0 Å². The summed E-state index contributed by atoms with van der Waals surface area (Å²) in [5.74, 6) is 0.328. The number of esters is 1. The van der Waals surface area contributed by atoms with E-state index < -0.39 is 0 Å². The van der Waals surface area contributed by atoms with E-state index in [0.29, 0.717) is 11.5 Å². The van der Waals surface area contributed by atoms with Crippen LogP contribution in [0.3, 0.4) is 0 Å². The molecule has 0 amide bonds. The molecule has 168 valence electrons. The van der Waals surface area contributed by atoms with Crippen molar-refractivity contribution >= 4 is 16.9 Å². The monoisotopic (exact) mass is 437 g/mol. The van der Waals surface area contributed by atoms with Crippen LogP contribution in [0.5, 0.6) is 0 Å². The average molecular weight is 438 g/mol. The molecule has 1 aromatic heterocycles. The fourth-order valence-electron chi connectivity index (χ4n) is 5.24. The first-order valence-electron chi connectivity index (χ1n) is 12.0. The maximum absolute atomic E-state index is 12.6. The summed E-state index contributed by atoms with van der Waals surface area (Å²) in [6.45, 7) is 0.860. The molecule has 3 heteroatoms. The molecule has 0 saturated heterocycles. The predicted octanol–water partition coefficient (Wildman–Crippen LogP) is 7.11. The number of ether oxygens (including phenoxy) is 1. The Kier molecular flexibility index (Phi) is 6.30. The van der Waals surface area contributed by atoms with E-state index in [0.717, 1.165) is 18.5 Å². The average Bonchev–Trinajstić information content (AvgIpc) is 3.26. The lowest BCUT2D eigenvalue weighted by Crippen LogP contribution is -2.10. The van der Waals surface area contributed by atoms with Crippen molar-refractivity contribution in [1.29, 1.82) is 0 Å². The van der Waals surface area contributed by atoms with Crippen LogP contribution in [-0.4, -0.2) is 17.6 Å². The Labute approximate surface area is 196 Å². The number of fused-ring (bicyclic) bond motifs is 1. The predicted molar refractivity (Wildman–Crippen MR) is 134 cm³/mol. The second-order valence-corrected chi connectivity index (χ2v) is 9.24. The van der Waals surface area contributed by atoms with Gasteiger partial charge in [-0.2, -0.15) is 0 Å². The molecule has 1 heterocycles. The first-order valence-corrected chi connectivity index (χ1v) is 12.0. The van der Waals surface area contributed by atoms with Crippen LogP contribution in [0, 0.1) is 0 Å². The number of nitrogens with zero attached hydrogens (tertiary/aromatic N) is 1. The van der Waals surface area contributed by atoms with Crippen molar-refractivity contribution in [1.82, 2.24) is 4.57 Å². The Morgan fingerprint density at radius 1 is 0.909 bits per heavy atom. The molecule has 1 aliphatic carbocycles. The van der Waals surface area contributed by atoms with Crippen LogP contribution in [0.2, 0.25) is 0 Å². The highest BCUT2D eigenvalue weighted by Gasteiger charge is 2.19. The van der Waals surface area contributed by atoms with E-state index in [1.807, 2.05) is 6.07 Å². The third-order valence-corrected chi connectivity index (χ3v) is 7.04. The molecule has 33 heavy (non-hydrogen) atoms. The summed E-state index contributed by atoms with van der Waals surface area (Å²) in [6, 6.07) is 25.8. The quantitative estimate of drug-likeness (QED) is 0.301. The van der Waals surface area contributed by atoms with Crippen LogP contribution in [0.15, 0.2) is 79.0 Å². The van der Waals surface area contributed by atoms with Gasteiger partial charge in [-0.15, -0.1) is 0 Å². The standard InChI is InChI=1S/C30H31NO2/c1-33-30(32)28-20-25(24-10-6-3-7-11-24)13-14-26(28)18-23-12-15-29-27(19-23)16-17-31(29)21-22-8-4-2-5-9-22/h2,4-5,8-9,12-17,19-20,24H,3,6-7,10-11,18,21H2,1H3. The number of hydrogen-bond donors (Lipinski definition) is 0. The third-order valence-electron chi connectivity index (χ3n) is 7.04. The van der Waals surface area contributed by atoms with Crippen molar-refractivity contribution in [2.24, 2.45) is 0 Å². The fourth-order valence-corrected chi connectivity index (χ4v) is 5.24. The van der Waals surface area contributed by atoms with E-state index in [1.165, 1.54) is 66.8 Å². The molecular weight excluding hydrogens is 406 g/mol. The maximum Gasteiger partial charge on any atom is 0.338 e. The second kappa shape index (κ2) is 9.66. The molecule has 3 aromatic carbocycles. The molecular formula is C30H31NO2. The van der Waals surface area contributed by atoms with Gasteiger partial charge in [-0.1, -0.05) is 67.8 Å². The lowest BCUT2D eigenvalue weighted by atomic mass is 9.82. The Hall–Kier alpha value is -3.33. The Morgan fingerprint density at radius 2 is 1.73 bits per heavy atom. The largest absolute Gasteiger partial charge is 0.465 e. The molecule has 3 nitrogen and oxygen atoms in total. The zero-order chi connectivity index (χ0) is 22.6. The van der Waals surface area contributed by atoms with Crippen molar-refractivity contribution < 1.29 is 9.53 Å². The van der Waals surface area contributed by atoms with E-state index in [2.05, 4.69) is 77.5 Å². The highest BCUT2D eigenvalue weighted by atomic mass is 16.5. The van der Waals surface area contributed by atoms with Gasteiger partial charge in [0.05, 0.1) is 12.7 Å². The topological polar surface area (TPSA) is 31.2 Å². The normalized spacial score (nSPS) is 14.5. The van der Waals surface area contributed by atoms with Gasteiger partial charge in [0.15, 0.2) is 0 Å². The lowest BCUT2D eigenvalue weighted by Gasteiger charge is -2.23. The van der Waals surface area contributed by atoms with E-state index in [-0.39, 0.29) is 5.97 Å². The molecule has 1 saturated carbocycles. The molecule has 0 radical (unpaired) electrons. The van der Waals surface area contributed by atoms with Gasteiger partial charge in [0.1, 0.15) is 0 Å². The van der Waals surface area contributed by atoms with Gasteiger partial charge in [-0.3, -0.25) is 0 Å². The summed E-state index contributed by atoms with van der Waals surface area (Å²) in [6.07, 6.45) is 9.20. The van der Waals surface area contributed by atoms with E-state index in [9.17, 15) is 4.79 Å². The highest BCUT2D eigenvalue weighted by molar-refractivity contribution is 5.91. The van der Waals surface area contributed by atoms with Crippen LogP contribution < -0.4 is 0 Å². The van der Waals surface area contributed by atoms with Gasteiger partial charge >= 0.3 is 5.97 Å². The number of carbonyl (C=O) groups excluding carboxylic acids is 1. The number of carbonyl (C=O) groups is 1.